The second-order valence-corrected chi connectivity index (χ2v) is 10.6. The highest BCUT2D eigenvalue weighted by atomic mass is 35.5. The molecule has 2 heterocycles. The monoisotopic (exact) mass is 539 g/mol. The predicted octanol–water partition coefficient (Wildman–Crippen LogP) is 6.30. The van der Waals surface area contributed by atoms with Gasteiger partial charge in [-0.25, -0.2) is 15.0 Å². The Balaban J connectivity index is 1.52. The Morgan fingerprint density at radius 3 is 2.73 bits per heavy atom. The lowest BCUT2D eigenvalue weighted by Crippen LogP contribution is -2.17. The van der Waals surface area contributed by atoms with Crippen LogP contribution in [0.2, 0.25) is 10.0 Å². The highest BCUT2D eigenvalue weighted by molar-refractivity contribution is 6.33. The van der Waals surface area contributed by atoms with Gasteiger partial charge >= 0.3 is 5.97 Å². The van der Waals surface area contributed by atoms with Gasteiger partial charge in [0.05, 0.1) is 24.1 Å². The average molecular weight is 540 g/mol. The van der Waals surface area contributed by atoms with Crippen molar-refractivity contribution in [2.75, 3.05) is 11.9 Å². The van der Waals surface area contributed by atoms with Crippen LogP contribution in [0.5, 0.6) is 5.75 Å². The van der Waals surface area contributed by atoms with Crippen LogP contribution in [0.4, 0.5) is 5.82 Å². The number of halogens is 2. The van der Waals surface area contributed by atoms with E-state index in [4.69, 9.17) is 38.0 Å². The van der Waals surface area contributed by atoms with Gasteiger partial charge in [-0.3, -0.25) is 4.79 Å². The lowest BCUT2D eigenvalue weighted by molar-refractivity contribution is -0.141. The third-order valence-electron chi connectivity index (χ3n) is 6.60. The van der Waals surface area contributed by atoms with E-state index in [0.29, 0.717) is 51.6 Å². The lowest BCUT2D eigenvalue weighted by Gasteiger charge is -2.13. The molecular weight excluding hydrogens is 513 g/mol. The first-order chi connectivity index (χ1) is 17.7. The zero-order valence-corrected chi connectivity index (χ0v) is 22.1. The summed E-state index contributed by atoms with van der Waals surface area (Å²) < 4.78 is 7.77. The molecule has 192 valence electrons. The quantitative estimate of drug-likeness (QED) is 0.243. The number of anilines is 1. The van der Waals surface area contributed by atoms with Gasteiger partial charge in [-0.15, -0.1) is 0 Å². The second kappa shape index (κ2) is 10.2. The summed E-state index contributed by atoms with van der Waals surface area (Å²) in [5.74, 6) is 0.578. The molecule has 5 rings (SSSR count). The highest BCUT2D eigenvalue weighted by Crippen LogP contribution is 2.40. The van der Waals surface area contributed by atoms with Crippen LogP contribution < -0.4 is 10.1 Å². The van der Waals surface area contributed by atoms with E-state index in [-0.39, 0.29) is 12.1 Å². The van der Waals surface area contributed by atoms with Gasteiger partial charge in [0, 0.05) is 16.1 Å². The number of hydrogen-bond donors (Lipinski definition) is 2. The zero-order valence-electron chi connectivity index (χ0n) is 20.5. The van der Waals surface area contributed by atoms with Crippen molar-refractivity contribution in [3.8, 4) is 17.1 Å². The molecule has 4 aromatic rings. The number of hydrogen-bond acceptors (Lipinski definition) is 6. The van der Waals surface area contributed by atoms with Gasteiger partial charge in [-0.05, 0) is 62.1 Å². The standard InChI is InChI=1S/C27H27Cl2N5O3/c1-16(26(35)36)8-11-37-19-6-7-20(21(29)13-19)24-32-22-23(33-27(2)9-10-27)30-15-31-25(22)34(24)14-17-4-3-5-18(28)12-17/h3-7,12-13,15-16H,8-11,14H2,1-2H3,(H,35,36)(H,30,31,33). The van der Waals surface area contributed by atoms with Crippen LogP contribution >= 0.6 is 23.2 Å². The van der Waals surface area contributed by atoms with Crippen molar-refractivity contribution in [3.05, 3.63) is 64.4 Å². The van der Waals surface area contributed by atoms with Crippen LogP contribution in [0, 0.1) is 5.92 Å². The molecule has 2 aromatic heterocycles. The SMILES string of the molecule is CC(CCOc1ccc(-c2nc3c(NC4(C)CC4)ncnc3n2Cc2cccc(Cl)c2)c(Cl)c1)C(=O)O. The highest BCUT2D eigenvalue weighted by Gasteiger charge is 2.38. The molecule has 1 unspecified atom stereocenters. The first kappa shape index (κ1) is 25.3. The fourth-order valence-corrected chi connectivity index (χ4v) is 4.51. The minimum absolute atomic E-state index is 0.0208. The molecule has 0 bridgehead atoms. The van der Waals surface area contributed by atoms with Crippen LogP contribution in [0.1, 0.15) is 38.7 Å². The summed E-state index contributed by atoms with van der Waals surface area (Å²) >= 11 is 13.0. The maximum Gasteiger partial charge on any atom is 0.306 e. The van der Waals surface area contributed by atoms with Crippen LogP contribution in [-0.2, 0) is 11.3 Å². The summed E-state index contributed by atoms with van der Waals surface area (Å²) in [5.41, 5.74) is 3.10. The first-order valence-electron chi connectivity index (χ1n) is 12.1. The Morgan fingerprint density at radius 2 is 2.03 bits per heavy atom. The van der Waals surface area contributed by atoms with Crippen LogP contribution in [0.15, 0.2) is 48.8 Å². The molecule has 37 heavy (non-hydrogen) atoms. The van der Waals surface area contributed by atoms with Crippen molar-refractivity contribution < 1.29 is 14.6 Å². The summed E-state index contributed by atoms with van der Waals surface area (Å²) in [5, 5.41) is 13.7. The van der Waals surface area contributed by atoms with Crippen LogP contribution in [0.25, 0.3) is 22.6 Å². The van der Waals surface area contributed by atoms with E-state index in [9.17, 15) is 4.79 Å². The molecule has 1 saturated carbocycles. The number of carboxylic acid groups (broad SMARTS) is 1. The van der Waals surface area contributed by atoms with Gasteiger partial charge in [-0.1, -0.05) is 42.3 Å². The number of fused-ring (bicyclic) bond motifs is 1. The van der Waals surface area contributed by atoms with Gasteiger partial charge < -0.3 is 19.7 Å². The van der Waals surface area contributed by atoms with Crippen molar-refractivity contribution in [2.45, 2.75) is 45.2 Å². The van der Waals surface area contributed by atoms with Gasteiger partial charge in [0.2, 0.25) is 0 Å². The van der Waals surface area contributed by atoms with Crippen molar-refractivity contribution in [1.29, 1.82) is 0 Å². The number of aliphatic carboxylic acids is 1. The predicted molar refractivity (Wildman–Crippen MR) is 144 cm³/mol. The minimum Gasteiger partial charge on any atom is -0.494 e. The topological polar surface area (TPSA) is 102 Å². The molecule has 2 N–H and O–H groups in total. The van der Waals surface area contributed by atoms with E-state index in [1.807, 2.05) is 41.0 Å². The van der Waals surface area contributed by atoms with E-state index >= 15 is 0 Å². The molecule has 0 saturated heterocycles. The molecule has 0 radical (unpaired) electrons. The number of carboxylic acids is 1. The molecule has 1 aliphatic rings. The summed E-state index contributed by atoms with van der Waals surface area (Å²) in [6, 6.07) is 13.1. The van der Waals surface area contributed by atoms with E-state index in [0.717, 1.165) is 24.0 Å². The summed E-state index contributed by atoms with van der Waals surface area (Å²) in [4.78, 5) is 25.1. The van der Waals surface area contributed by atoms with Crippen molar-refractivity contribution >= 4 is 46.2 Å². The van der Waals surface area contributed by atoms with Crippen LogP contribution in [0.3, 0.4) is 0 Å². The Kier molecular flexibility index (Phi) is 6.96. The zero-order chi connectivity index (χ0) is 26.2. The van der Waals surface area contributed by atoms with Crippen molar-refractivity contribution in [1.82, 2.24) is 19.5 Å². The molecule has 2 aromatic carbocycles. The second-order valence-electron chi connectivity index (χ2n) is 9.75. The van der Waals surface area contributed by atoms with E-state index in [1.165, 1.54) is 0 Å². The Hall–Kier alpha value is -3.36. The van der Waals surface area contributed by atoms with E-state index in [1.54, 1.807) is 19.3 Å². The maximum atomic E-state index is 11.0. The number of benzene rings is 2. The smallest absolute Gasteiger partial charge is 0.306 e. The number of aromatic nitrogens is 4. The van der Waals surface area contributed by atoms with E-state index < -0.39 is 11.9 Å². The lowest BCUT2D eigenvalue weighted by atomic mass is 10.1. The number of nitrogens with one attached hydrogen (secondary N) is 1. The fraction of sp³-hybridized carbons (Fsp3) is 0.333. The summed E-state index contributed by atoms with van der Waals surface area (Å²) in [6.07, 6.45) is 4.10. The summed E-state index contributed by atoms with van der Waals surface area (Å²) in [6.45, 7) is 4.58. The molecule has 1 fully saturated rings. The van der Waals surface area contributed by atoms with Crippen LogP contribution in [-0.4, -0.2) is 42.7 Å². The largest absolute Gasteiger partial charge is 0.494 e. The number of ether oxygens (including phenoxy) is 1. The number of carbonyl (C=O) groups is 1. The van der Waals surface area contributed by atoms with Gasteiger partial charge in [0.15, 0.2) is 17.0 Å². The molecule has 1 atom stereocenters. The van der Waals surface area contributed by atoms with Crippen molar-refractivity contribution in [2.24, 2.45) is 5.92 Å². The Morgan fingerprint density at radius 1 is 1.22 bits per heavy atom. The normalized spacial score (nSPS) is 14.9. The minimum atomic E-state index is -0.844. The van der Waals surface area contributed by atoms with E-state index in [2.05, 4.69) is 22.2 Å². The Labute approximate surface area is 224 Å². The molecule has 0 aliphatic heterocycles. The molecule has 1 aliphatic carbocycles. The number of nitrogens with zero attached hydrogens (tertiary/aromatic N) is 4. The molecule has 10 heteroatoms. The van der Waals surface area contributed by atoms with Gasteiger partial charge in [0.25, 0.3) is 0 Å². The number of rotatable bonds is 10. The van der Waals surface area contributed by atoms with Crippen molar-refractivity contribution in [3.63, 3.8) is 0 Å². The fourth-order valence-electron chi connectivity index (χ4n) is 4.04. The summed E-state index contributed by atoms with van der Waals surface area (Å²) in [7, 11) is 0. The van der Waals surface area contributed by atoms with Gasteiger partial charge in [-0.2, -0.15) is 0 Å². The molecular formula is C27H27Cl2N5O3. The first-order valence-corrected chi connectivity index (χ1v) is 12.9. The average Bonchev–Trinajstić information content (AvgIpc) is 3.47. The Bertz CT molecular complexity index is 1470. The third kappa shape index (κ3) is 5.65. The molecule has 0 spiro atoms. The molecule has 0 amide bonds. The maximum absolute atomic E-state index is 11.0. The molecule has 8 nitrogen and oxygen atoms in total. The third-order valence-corrected chi connectivity index (χ3v) is 7.15. The number of imidazole rings is 1. The van der Waals surface area contributed by atoms with Gasteiger partial charge in [0.1, 0.15) is 17.9 Å².